The predicted molar refractivity (Wildman–Crippen MR) is 105 cm³/mol. The number of likely N-dealkylation sites (tertiary alicyclic amines) is 1. The minimum Gasteiger partial charge on any atom is -0.496 e. The molecule has 2 N–H and O–H groups in total. The number of hydrogen-bond donors (Lipinski definition) is 2. The van der Waals surface area contributed by atoms with E-state index in [4.69, 9.17) is 4.74 Å². The average molecular weight is 433 g/mol. The van der Waals surface area contributed by atoms with Gasteiger partial charge < -0.3 is 15.2 Å². The number of β-amino-alcohol motifs (C(OH)–C–C–N with tert-alkyl or cyclic N) is 1. The highest BCUT2D eigenvalue weighted by Gasteiger charge is 2.37. The van der Waals surface area contributed by atoms with E-state index in [1.54, 1.807) is 6.26 Å². The molecular weight excluding hydrogens is 405 g/mol. The van der Waals surface area contributed by atoms with Crippen molar-refractivity contribution in [1.82, 2.24) is 10.2 Å². The Bertz CT molecular complexity index is 719. The molecule has 1 aliphatic carbocycles. The van der Waals surface area contributed by atoms with Gasteiger partial charge in [0.25, 0.3) is 5.91 Å². The van der Waals surface area contributed by atoms with E-state index in [2.05, 4.69) is 10.2 Å². The van der Waals surface area contributed by atoms with Gasteiger partial charge in [0.15, 0.2) is 0 Å². The number of alkyl halides is 3. The summed E-state index contributed by atoms with van der Waals surface area (Å²) in [4.78, 5) is 15.6. The molecule has 1 unspecified atom stereocenters. The van der Waals surface area contributed by atoms with Crippen LogP contribution in [0.15, 0.2) is 17.0 Å². The van der Waals surface area contributed by atoms with E-state index in [1.807, 2.05) is 0 Å². The molecule has 1 saturated carbocycles. The zero-order valence-corrected chi connectivity index (χ0v) is 17.4. The highest BCUT2D eigenvalue weighted by atomic mass is 32.2. The van der Waals surface area contributed by atoms with E-state index in [9.17, 15) is 23.1 Å². The van der Waals surface area contributed by atoms with Crippen LogP contribution in [0, 0.1) is 0 Å². The molecule has 2 aliphatic rings. The van der Waals surface area contributed by atoms with Crippen molar-refractivity contribution in [2.75, 3.05) is 26.5 Å². The summed E-state index contributed by atoms with van der Waals surface area (Å²) >= 11 is 1.09. The van der Waals surface area contributed by atoms with Gasteiger partial charge in [0.05, 0.1) is 24.3 Å². The normalized spacial score (nSPS) is 25.8. The quantitative estimate of drug-likeness (QED) is 0.697. The van der Waals surface area contributed by atoms with Crippen LogP contribution in [0.5, 0.6) is 5.75 Å². The number of benzene rings is 1. The number of aliphatic hydroxyl groups is 1. The van der Waals surface area contributed by atoms with Gasteiger partial charge in [0.2, 0.25) is 0 Å². The van der Waals surface area contributed by atoms with E-state index in [0.717, 1.165) is 62.5 Å². The lowest BCUT2D eigenvalue weighted by Crippen LogP contribution is -2.53. The third-order valence-electron chi connectivity index (χ3n) is 5.77. The number of nitrogens with one attached hydrogen (secondary N) is 1. The lowest BCUT2D eigenvalue weighted by atomic mass is 9.89. The van der Waals surface area contributed by atoms with Gasteiger partial charge in [0, 0.05) is 30.1 Å². The second-order valence-electron chi connectivity index (χ2n) is 7.62. The molecule has 0 radical (unpaired) electrons. The number of carbonyl (C=O) groups is 1. The van der Waals surface area contributed by atoms with Crippen molar-refractivity contribution in [3.05, 3.63) is 23.3 Å². The molecule has 1 aromatic carbocycles. The Morgan fingerprint density at radius 2 is 2.00 bits per heavy atom. The number of nitrogens with zero attached hydrogens (tertiary/aromatic N) is 1. The molecule has 3 rings (SSSR count). The van der Waals surface area contributed by atoms with Crippen molar-refractivity contribution in [2.45, 2.75) is 61.4 Å². The molecule has 5 nitrogen and oxygen atoms in total. The van der Waals surface area contributed by atoms with Crippen LogP contribution in [-0.2, 0) is 6.18 Å². The molecule has 0 bridgehead atoms. The molecule has 0 aromatic heterocycles. The van der Waals surface area contributed by atoms with E-state index in [1.165, 1.54) is 7.11 Å². The van der Waals surface area contributed by atoms with Gasteiger partial charge in [-0.25, -0.2) is 0 Å². The Morgan fingerprint density at radius 1 is 1.28 bits per heavy atom. The molecule has 1 saturated heterocycles. The monoisotopic (exact) mass is 432 g/mol. The second kappa shape index (κ2) is 9.14. The fraction of sp³-hybridized carbons (Fsp3) is 0.650. The molecule has 162 valence electrons. The number of rotatable bonds is 5. The van der Waals surface area contributed by atoms with Crippen molar-refractivity contribution in [3.8, 4) is 5.75 Å². The zero-order valence-electron chi connectivity index (χ0n) is 16.6. The van der Waals surface area contributed by atoms with Crippen molar-refractivity contribution in [2.24, 2.45) is 0 Å². The first kappa shape index (κ1) is 22.2. The Labute approximate surface area is 173 Å². The number of hydrogen-bond acceptors (Lipinski definition) is 5. The van der Waals surface area contributed by atoms with Gasteiger partial charge in [-0.3, -0.25) is 9.69 Å². The SMILES string of the molecule is COc1cc(C(F)(F)F)cc(SC)c1C(=O)N[C@@H]1CCCC[C@@H]1N1CCC(O)C1. The summed E-state index contributed by atoms with van der Waals surface area (Å²) in [7, 11) is 1.27. The molecule has 9 heteroatoms. The Balaban J connectivity index is 1.85. The van der Waals surface area contributed by atoms with Gasteiger partial charge >= 0.3 is 6.18 Å². The maximum atomic E-state index is 13.2. The highest BCUT2D eigenvalue weighted by molar-refractivity contribution is 7.98. The standard InChI is InChI=1S/C20H27F3N2O3S/c1-28-16-9-12(20(21,22)23)10-17(29-2)18(16)19(27)24-14-5-3-4-6-15(14)25-8-7-13(26)11-25/h9-10,13-15,26H,3-8,11H2,1-2H3,(H,24,27)/t13?,14-,15+/m1/s1. The second-order valence-corrected chi connectivity index (χ2v) is 8.47. The van der Waals surface area contributed by atoms with Crippen LogP contribution in [0.4, 0.5) is 13.2 Å². The maximum absolute atomic E-state index is 13.2. The zero-order chi connectivity index (χ0) is 21.2. The highest BCUT2D eigenvalue weighted by Crippen LogP contribution is 2.38. The summed E-state index contributed by atoms with van der Waals surface area (Å²) in [6.07, 6.45) is 1.28. The summed E-state index contributed by atoms with van der Waals surface area (Å²) in [6.45, 7) is 1.38. The molecule has 1 heterocycles. The summed E-state index contributed by atoms with van der Waals surface area (Å²) in [5, 5.41) is 12.9. The average Bonchev–Trinajstić information content (AvgIpc) is 3.12. The predicted octanol–water partition coefficient (Wildman–Crippen LogP) is 3.54. The van der Waals surface area contributed by atoms with Crippen LogP contribution in [0.3, 0.4) is 0 Å². The molecule has 3 atom stereocenters. The minimum atomic E-state index is -4.52. The molecule has 1 aromatic rings. The van der Waals surface area contributed by atoms with Crippen LogP contribution < -0.4 is 10.1 Å². The number of amides is 1. The fourth-order valence-corrected chi connectivity index (χ4v) is 4.97. The number of aliphatic hydroxyl groups excluding tert-OH is 1. The minimum absolute atomic E-state index is 0.0781. The van der Waals surface area contributed by atoms with Crippen LogP contribution >= 0.6 is 11.8 Å². The van der Waals surface area contributed by atoms with Crippen LogP contribution in [0.25, 0.3) is 0 Å². The van der Waals surface area contributed by atoms with Crippen LogP contribution in [0.2, 0.25) is 0 Å². The topological polar surface area (TPSA) is 61.8 Å². The summed E-state index contributed by atoms with van der Waals surface area (Å²) in [5.74, 6) is -0.498. The molecular formula is C20H27F3N2O3S. The summed E-state index contributed by atoms with van der Waals surface area (Å²) in [5.41, 5.74) is -0.698. The van der Waals surface area contributed by atoms with E-state index in [0.29, 0.717) is 6.54 Å². The number of thioether (sulfide) groups is 1. The fourth-order valence-electron chi connectivity index (χ4n) is 4.33. The third kappa shape index (κ3) is 5.00. The largest absolute Gasteiger partial charge is 0.496 e. The first-order valence-corrected chi connectivity index (χ1v) is 11.0. The lowest BCUT2D eigenvalue weighted by Gasteiger charge is -2.38. The van der Waals surface area contributed by atoms with Crippen molar-refractivity contribution in [3.63, 3.8) is 0 Å². The van der Waals surface area contributed by atoms with Crippen LogP contribution in [-0.4, -0.2) is 60.6 Å². The Hall–Kier alpha value is -1.45. The van der Waals surface area contributed by atoms with E-state index < -0.39 is 17.6 Å². The lowest BCUT2D eigenvalue weighted by molar-refractivity contribution is -0.137. The summed E-state index contributed by atoms with van der Waals surface area (Å²) < 4.78 is 44.7. The van der Waals surface area contributed by atoms with Gasteiger partial charge in [-0.05, 0) is 37.7 Å². The molecule has 2 fully saturated rings. The molecule has 1 amide bonds. The summed E-state index contributed by atoms with van der Waals surface area (Å²) in [6, 6.07) is 1.90. The van der Waals surface area contributed by atoms with Crippen molar-refractivity contribution < 1.29 is 27.8 Å². The number of halogens is 3. The smallest absolute Gasteiger partial charge is 0.416 e. The third-order valence-corrected chi connectivity index (χ3v) is 6.53. The molecule has 29 heavy (non-hydrogen) atoms. The van der Waals surface area contributed by atoms with Crippen LogP contribution in [0.1, 0.15) is 48.0 Å². The van der Waals surface area contributed by atoms with E-state index >= 15 is 0 Å². The number of methoxy groups -OCH3 is 1. The first-order chi connectivity index (χ1) is 13.7. The first-order valence-electron chi connectivity index (χ1n) is 9.80. The van der Waals surface area contributed by atoms with Crippen molar-refractivity contribution in [1.29, 1.82) is 0 Å². The van der Waals surface area contributed by atoms with Gasteiger partial charge in [-0.2, -0.15) is 13.2 Å². The van der Waals surface area contributed by atoms with Crippen molar-refractivity contribution >= 4 is 17.7 Å². The Morgan fingerprint density at radius 3 is 2.59 bits per heavy atom. The van der Waals surface area contributed by atoms with Gasteiger partial charge in [-0.1, -0.05) is 12.8 Å². The molecule has 0 spiro atoms. The maximum Gasteiger partial charge on any atom is 0.416 e. The Kier molecular flexibility index (Phi) is 7.01. The van der Waals surface area contributed by atoms with Gasteiger partial charge in [0.1, 0.15) is 5.75 Å². The van der Waals surface area contributed by atoms with E-state index in [-0.39, 0.29) is 34.4 Å². The number of carbonyl (C=O) groups excluding carboxylic acids is 1. The van der Waals surface area contributed by atoms with Gasteiger partial charge in [-0.15, -0.1) is 11.8 Å². The number of ether oxygens (including phenoxy) is 1. The molecule has 1 aliphatic heterocycles.